The third-order valence-corrected chi connectivity index (χ3v) is 6.53. The molecule has 186 valence electrons. The topological polar surface area (TPSA) is 79.0 Å². The van der Waals surface area contributed by atoms with Gasteiger partial charge in [-0.05, 0) is 32.0 Å². The molecule has 2 amide bonds. The van der Waals surface area contributed by atoms with Gasteiger partial charge in [0.2, 0.25) is 0 Å². The van der Waals surface area contributed by atoms with Gasteiger partial charge in [-0.15, -0.1) is 0 Å². The molecule has 1 aliphatic rings. The van der Waals surface area contributed by atoms with Crippen LogP contribution in [0.15, 0.2) is 65.6 Å². The molecule has 9 heteroatoms. The summed E-state index contributed by atoms with van der Waals surface area (Å²) < 4.78 is 3.39. The fourth-order valence-corrected chi connectivity index (χ4v) is 4.65. The summed E-state index contributed by atoms with van der Waals surface area (Å²) in [7, 11) is 3.56. The summed E-state index contributed by atoms with van der Waals surface area (Å²) in [5.41, 5.74) is 5.25. The number of nitrogens with zero attached hydrogens (tertiary/aromatic N) is 7. The number of carbonyl (C=O) groups is 1. The van der Waals surface area contributed by atoms with Crippen molar-refractivity contribution in [3.63, 3.8) is 0 Å². The van der Waals surface area contributed by atoms with Crippen LogP contribution in [0, 0.1) is 0 Å². The summed E-state index contributed by atoms with van der Waals surface area (Å²) in [5, 5.41) is 9.64. The lowest BCUT2D eigenvalue weighted by Crippen LogP contribution is -2.51. The molecule has 1 saturated heterocycles. The predicted molar refractivity (Wildman–Crippen MR) is 141 cm³/mol. The molecular formula is C27H31N7O2. The molecule has 0 saturated carbocycles. The van der Waals surface area contributed by atoms with E-state index in [0.29, 0.717) is 18.8 Å². The van der Waals surface area contributed by atoms with Crippen LogP contribution in [0.2, 0.25) is 0 Å². The first kappa shape index (κ1) is 23.6. The van der Waals surface area contributed by atoms with Gasteiger partial charge in [-0.3, -0.25) is 4.79 Å². The van der Waals surface area contributed by atoms with Crippen LogP contribution in [0.4, 0.5) is 10.5 Å². The Hall–Kier alpha value is -4.14. The van der Waals surface area contributed by atoms with Crippen molar-refractivity contribution in [1.82, 2.24) is 29.2 Å². The van der Waals surface area contributed by atoms with Gasteiger partial charge < -0.3 is 14.7 Å². The number of urea groups is 1. The molecule has 1 aromatic carbocycles. The van der Waals surface area contributed by atoms with Crippen LogP contribution in [-0.2, 0) is 0 Å². The number of hydrogen-bond acceptors (Lipinski definition) is 5. The van der Waals surface area contributed by atoms with E-state index in [4.69, 9.17) is 10.2 Å². The van der Waals surface area contributed by atoms with Gasteiger partial charge in [-0.1, -0.05) is 30.3 Å². The molecule has 4 heterocycles. The molecule has 0 spiro atoms. The molecular weight excluding hydrogens is 454 g/mol. The Labute approximate surface area is 210 Å². The lowest BCUT2D eigenvalue weighted by molar-refractivity contribution is 0.168. The minimum atomic E-state index is -0.127. The van der Waals surface area contributed by atoms with E-state index in [1.165, 1.54) is 4.68 Å². The monoisotopic (exact) mass is 485 g/mol. The minimum absolute atomic E-state index is 0.0435. The molecule has 36 heavy (non-hydrogen) atoms. The smallest absolute Gasteiger partial charge is 0.319 e. The second kappa shape index (κ2) is 9.49. The van der Waals surface area contributed by atoms with Crippen LogP contribution in [0.3, 0.4) is 0 Å². The van der Waals surface area contributed by atoms with Gasteiger partial charge in [-0.2, -0.15) is 10.2 Å². The number of hydrogen-bond donors (Lipinski definition) is 0. The van der Waals surface area contributed by atoms with Crippen molar-refractivity contribution in [2.24, 2.45) is 0 Å². The maximum Gasteiger partial charge on any atom is 0.319 e. The van der Waals surface area contributed by atoms with Gasteiger partial charge in [0, 0.05) is 63.8 Å². The number of rotatable bonds is 4. The van der Waals surface area contributed by atoms with Crippen molar-refractivity contribution in [3.05, 3.63) is 71.1 Å². The number of pyridine rings is 1. The van der Waals surface area contributed by atoms with Crippen LogP contribution < -0.4 is 10.5 Å². The first-order valence-electron chi connectivity index (χ1n) is 12.2. The number of carbonyl (C=O) groups excluding carboxylic acids is 1. The van der Waals surface area contributed by atoms with Crippen molar-refractivity contribution in [1.29, 1.82) is 0 Å². The molecule has 1 fully saturated rings. The van der Waals surface area contributed by atoms with Gasteiger partial charge in [0.25, 0.3) is 5.56 Å². The number of piperazine rings is 1. The van der Waals surface area contributed by atoms with Crippen molar-refractivity contribution < 1.29 is 4.79 Å². The SMILES string of the molecule is CC(C)n1nc(-c2c(-c3ccccc3)nn3ccc(N4CCN(C(=O)N(C)C)CC4)cc23)ccc1=O. The van der Waals surface area contributed by atoms with E-state index in [1.54, 1.807) is 31.1 Å². The first-order chi connectivity index (χ1) is 17.3. The van der Waals surface area contributed by atoms with E-state index in [1.807, 2.05) is 59.8 Å². The van der Waals surface area contributed by atoms with E-state index in [9.17, 15) is 9.59 Å². The van der Waals surface area contributed by atoms with E-state index in [2.05, 4.69) is 17.0 Å². The van der Waals surface area contributed by atoms with Gasteiger partial charge >= 0.3 is 6.03 Å². The second-order valence-corrected chi connectivity index (χ2v) is 9.55. The highest BCUT2D eigenvalue weighted by molar-refractivity contribution is 5.91. The lowest BCUT2D eigenvalue weighted by atomic mass is 10.0. The minimum Gasteiger partial charge on any atom is -0.368 e. The zero-order chi connectivity index (χ0) is 25.4. The van der Waals surface area contributed by atoms with Gasteiger partial charge in [-0.25, -0.2) is 14.0 Å². The van der Waals surface area contributed by atoms with Gasteiger partial charge in [0.05, 0.1) is 22.8 Å². The Balaban J connectivity index is 1.59. The van der Waals surface area contributed by atoms with Gasteiger partial charge in [0.1, 0.15) is 5.69 Å². The molecule has 3 aromatic heterocycles. The lowest BCUT2D eigenvalue weighted by Gasteiger charge is -2.37. The molecule has 0 bridgehead atoms. The van der Waals surface area contributed by atoms with Crippen molar-refractivity contribution in [2.45, 2.75) is 19.9 Å². The summed E-state index contributed by atoms with van der Waals surface area (Å²) >= 11 is 0. The molecule has 4 aromatic rings. The first-order valence-corrected chi connectivity index (χ1v) is 12.2. The van der Waals surface area contributed by atoms with Crippen molar-refractivity contribution in [3.8, 4) is 22.5 Å². The molecule has 0 atom stereocenters. The number of amides is 2. The highest BCUT2D eigenvalue weighted by Gasteiger charge is 2.24. The number of benzene rings is 1. The highest BCUT2D eigenvalue weighted by atomic mass is 16.2. The molecule has 0 unspecified atom stereocenters. The zero-order valence-corrected chi connectivity index (χ0v) is 21.1. The summed E-state index contributed by atoms with van der Waals surface area (Å²) in [6.45, 7) is 6.74. The zero-order valence-electron chi connectivity index (χ0n) is 21.1. The third-order valence-electron chi connectivity index (χ3n) is 6.53. The summed E-state index contributed by atoms with van der Waals surface area (Å²) in [6, 6.07) is 17.6. The number of fused-ring (bicyclic) bond motifs is 1. The van der Waals surface area contributed by atoms with E-state index in [0.717, 1.165) is 41.1 Å². The fourth-order valence-electron chi connectivity index (χ4n) is 4.65. The average Bonchev–Trinajstić information content (AvgIpc) is 3.28. The second-order valence-electron chi connectivity index (χ2n) is 9.55. The summed E-state index contributed by atoms with van der Waals surface area (Å²) in [6.07, 6.45) is 1.97. The van der Waals surface area contributed by atoms with Crippen LogP contribution in [0.5, 0.6) is 0 Å². The summed E-state index contributed by atoms with van der Waals surface area (Å²) in [4.78, 5) is 30.6. The fraction of sp³-hybridized carbons (Fsp3) is 0.333. The quantitative estimate of drug-likeness (QED) is 0.441. The number of anilines is 1. The number of aromatic nitrogens is 4. The Kier molecular flexibility index (Phi) is 6.22. The van der Waals surface area contributed by atoms with Crippen molar-refractivity contribution >= 4 is 17.2 Å². The maximum atomic E-state index is 12.4. The Morgan fingerprint density at radius 3 is 2.33 bits per heavy atom. The van der Waals surface area contributed by atoms with Crippen LogP contribution >= 0.6 is 0 Å². The van der Waals surface area contributed by atoms with Crippen LogP contribution in [0.25, 0.3) is 28.0 Å². The van der Waals surface area contributed by atoms with Crippen LogP contribution in [0.1, 0.15) is 19.9 Å². The molecule has 1 aliphatic heterocycles. The Bertz CT molecular complexity index is 1450. The van der Waals surface area contributed by atoms with E-state index < -0.39 is 0 Å². The average molecular weight is 486 g/mol. The standard InChI is InChI=1S/C27H31N7O2/c1-19(2)34-24(35)11-10-22(28-34)25-23-18-21(31-14-16-32(17-15-31)27(36)30(3)4)12-13-33(23)29-26(25)20-8-6-5-7-9-20/h5-13,18-19H,14-17H2,1-4H3. The maximum absolute atomic E-state index is 12.4. The van der Waals surface area contributed by atoms with E-state index in [-0.39, 0.29) is 17.6 Å². The summed E-state index contributed by atoms with van der Waals surface area (Å²) in [5.74, 6) is 0. The third kappa shape index (κ3) is 4.32. The van der Waals surface area contributed by atoms with Gasteiger partial charge in [0.15, 0.2) is 0 Å². The van der Waals surface area contributed by atoms with E-state index >= 15 is 0 Å². The molecule has 0 radical (unpaired) electrons. The molecule has 9 nitrogen and oxygen atoms in total. The predicted octanol–water partition coefficient (Wildman–Crippen LogP) is 3.61. The van der Waals surface area contributed by atoms with Crippen molar-refractivity contribution in [2.75, 3.05) is 45.2 Å². The molecule has 5 rings (SSSR count). The normalized spacial score (nSPS) is 14.0. The Morgan fingerprint density at radius 2 is 1.67 bits per heavy atom. The molecule has 0 aliphatic carbocycles. The highest BCUT2D eigenvalue weighted by Crippen LogP contribution is 2.35. The largest absolute Gasteiger partial charge is 0.368 e. The van der Waals surface area contributed by atoms with Crippen LogP contribution in [-0.4, -0.2) is 75.5 Å². The molecule has 0 N–H and O–H groups in total. The Morgan fingerprint density at radius 1 is 0.944 bits per heavy atom.